The van der Waals surface area contributed by atoms with Gasteiger partial charge in [0.05, 0.1) is 11.4 Å². The summed E-state index contributed by atoms with van der Waals surface area (Å²) in [5, 5.41) is 3.21. The van der Waals surface area contributed by atoms with Crippen molar-refractivity contribution in [2.45, 2.75) is 26.3 Å². The topological polar surface area (TPSA) is 73.2 Å². The molecule has 0 fully saturated rings. The summed E-state index contributed by atoms with van der Waals surface area (Å²) < 4.78 is 29.6. The van der Waals surface area contributed by atoms with E-state index >= 15 is 0 Å². The first-order valence-corrected chi connectivity index (χ1v) is 8.35. The van der Waals surface area contributed by atoms with Gasteiger partial charge in [-0.15, -0.1) is 0 Å². The molecule has 1 aromatic heterocycles. The molecule has 1 rings (SSSR count). The molecule has 1 aromatic rings. The first kappa shape index (κ1) is 16.0. The maximum Gasteiger partial charge on any atom is 0.203 e. The Balaban J connectivity index is 2.72. The number of sulfone groups is 1. The average molecular weight is 289 g/mol. The normalized spacial score (nSPS) is 13.5. The van der Waals surface area contributed by atoms with Gasteiger partial charge >= 0.3 is 0 Å². The molecule has 0 bridgehead atoms. The van der Waals surface area contributed by atoms with Crippen molar-refractivity contribution in [3.8, 4) is 0 Å². The highest BCUT2D eigenvalue weighted by atomic mass is 32.2. The molecule has 0 aliphatic carbocycles. The molecular formula is C12H23N3O3S. The van der Waals surface area contributed by atoms with E-state index < -0.39 is 9.84 Å². The zero-order valence-corrected chi connectivity index (χ0v) is 12.8. The average Bonchev–Trinajstić information content (AvgIpc) is 2.64. The van der Waals surface area contributed by atoms with Crippen LogP contribution in [-0.2, 0) is 14.6 Å². The lowest BCUT2D eigenvalue weighted by Gasteiger charge is -2.16. The minimum Gasteiger partial charge on any atom is -0.385 e. The van der Waals surface area contributed by atoms with E-state index in [2.05, 4.69) is 10.3 Å². The Morgan fingerprint density at radius 3 is 2.79 bits per heavy atom. The Bertz CT molecular complexity index is 496. The van der Waals surface area contributed by atoms with Gasteiger partial charge in [-0.25, -0.2) is 13.4 Å². The number of hydrogen-bond donors (Lipinski definition) is 1. The summed E-state index contributed by atoms with van der Waals surface area (Å²) in [5.74, 6) is 0.819. The molecule has 1 heterocycles. The molecule has 1 atom stereocenters. The third kappa shape index (κ3) is 5.61. The van der Waals surface area contributed by atoms with Crippen LogP contribution >= 0.6 is 0 Å². The van der Waals surface area contributed by atoms with Crippen molar-refractivity contribution in [2.75, 3.05) is 37.6 Å². The summed E-state index contributed by atoms with van der Waals surface area (Å²) in [5.41, 5.74) is 0.870. The molecule has 0 aliphatic heterocycles. The van der Waals surface area contributed by atoms with E-state index in [4.69, 9.17) is 4.74 Å². The van der Waals surface area contributed by atoms with Gasteiger partial charge in [-0.2, -0.15) is 0 Å². The van der Waals surface area contributed by atoms with Gasteiger partial charge in [0.1, 0.15) is 9.84 Å². The van der Waals surface area contributed by atoms with E-state index in [1.165, 1.54) is 6.26 Å². The first-order valence-electron chi connectivity index (χ1n) is 6.29. The molecule has 0 amide bonds. The molecule has 0 saturated carbocycles. The Hall–Kier alpha value is -1.08. The molecule has 7 heteroatoms. The second-order valence-corrected chi connectivity index (χ2v) is 7.01. The van der Waals surface area contributed by atoms with Crippen LogP contribution in [0.25, 0.3) is 0 Å². The maximum atomic E-state index is 11.4. The highest BCUT2D eigenvalue weighted by Gasteiger charge is 2.16. The second-order valence-electron chi connectivity index (χ2n) is 4.83. The Morgan fingerprint density at radius 1 is 1.53 bits per heavy atom. The van der Waals surface area contributed by atoms with Gasteiger partial charge in [0.2, 0.25) is 5.95 Å². The molecule has 1 N–H and O–H groups in total. The summed E-state index contributed by atoms with van der Waals surface area (Å²) in [6.07, 6.45) is 4.00. The van der Waals surface area contributed by atoms with Crippen LogP contribution in [-0.4, -0.2) is 50.2 Å². The largest absolute Gasteiger partial charge is 0.385 e. The van der Waals surface area contributed by atoms with Crippen molar-refractivity contribution < 1.29 is 13.2 Å². The number of methoxy groups -OCH3 is 1. The highest BCUT2D eigenvalue weighted by Crippen LogP contribution is 2.17. The van der Waals surface area contributed by atoms with Crippen LogP contribution in [0.5, 0.6) is 0 Å². The standard InChI is InChI=1S/C12H23N3O3S/c1-10-8-15(11(2)9-19(4,16)17)12(14-10)13-6-5-7-18-3/h8,11H,5-7,9H2,1-4H3,(H,13,14). The van der Waals surface area contributed by atoms with Gasteiger partial charge < -0.3 is 14.6 Å². The highest BCUT2D eigenvalue weighted by molar-refractivity contribution is 7.90. The summed E-state index contributed by atoms with van der Waals surface area (Å²) in [6.45, 7) is 5.20. The van der Waals surface area contributed by atoms with E-state index in [-0.39, 0.29) is 11.8 Å². The van der Waals surface area contributed by atoms with Crippen LogP contribution in [0.1, 0.15) is 25.1 Å². The zero-order chi connectivity index (χ0) is 14.5. The number of hydrogen-bond acceptors (Lipinski definition) is 5. The first-order chi connectivity index (χ1) is 8.83. The molecule has 0 aliphatic rings. The second kappa shape index (κ2) is 6.91. The fourth-order valence-corrected chi connectivity index (χ4v) is 2.95. The van der Waals surface area contributed by atoms with Crippen LogP contribution in [0.2, 0.25) is 0 Å². The van der Waals surface area contributed by atoms with Crippen LogP contribution in [0.3, 0.4) is 0 Å². The molecule has 0 spiro atoms. The number of aromatic nitrogens is 2. The number of imidazole rings is 1. The van der Waals surface area contributed by atoms with Crippen molar-refractivity contribution in [1.29, 1.82) is 0 Å². The lowest BCUT2D eigenvalue weighted by atomic mass is 10.4. The number of nitrogens with one attached hydrogen (secondary N) is 1. The van der Waals surface area contributed by atoms with Crippen molar-refractivity contribution in [3.63, 3.8) is 0 Å². The van der Waals surface area contributed by atoms with Crippen molar-refractivity contribution >= 4 is 15.8 Å². The van der Waals surface area contributed by atoms with Gasteiger partial charge in [-0.3, -0.25) is 0 Å². The molecule has 0 saturated heterocycles. The lowest BCUT2D eigenvalue weighted by molar-refractivity contribution is 0.197. The van der Waals surface area contributed by atoms with E-state index in [0.717, 1.165) is 18.7 Å². The zero-order valence-electron chi connectivity index (χ0n) is 12.0. The molecular weight excluding hydrogens is 266 g/mol. The fourth-order valence-electron chi connectivity index (χ4n) is 1.92. The van der Waals surface area contributed by atoms with Gasteiger partial charge in [-0.1, -0.05) is 0 Å². The van der Waals surface area contributed by atoms with Crippen LogP contribution in [0, 0.1) is 6.92 Å². The summed E-state index contributed by atoms with van der Waals surface area (Å²) in [6, 6.07) is -0.138. The quantitative estimate of drug-likeness (QED) is 0.729. The van der Waals surface area contributed by atoms with E-state index in [9.17, 15) is 8.42 Å². The molecule has 0 aromatic carbocycles. The lowest BCUT2D eigenvalue weighted by Crippen LogP contribution is -2.19. The summed E-state index contributed by atoms with van der Waals surface area (Å²) in [7, 11) is -1.34. The summed E-state index contributed by atoms with van der Waals surface area (Å²) >= 11 is 0. The Labute approximate surface area is 115 Å². The molecule has 6 nitrogen and oxygen atoms in total. The van der Waals surface area contributed by atoms with E-state index in [0.29, 0.717) is 12.6 Å². The predicted molar refractivity (Wildman–Crippen MR) is 76.4 cm³/mol. The van der Waals surface area contributed by atoms with Crippen molar-refractivity contribution in [2.24, 2.45) is 0 Å². The van der Waals surface area contributed by atoms with Crippen LogP contribution < -0.4 is 5.32 Å². The molecule has 110 valence electrons. The van der Waals surface area contributed by atoms with Crippen LogP contribution in [0.15, 0.2) is 6.20 Å². The molecule has 19 heavy (non-hydrogen) atoms. The number of anilines is 1. The van der Waals surface area contributed by atoms with Gasteiger partial charge in [0.15, 0.2) is 0 Å². The summed E-state index contributed by atoms with van der Waals surface area (Å²) in [4.78, 5) is 4.38. The number of rotatable bonds is 8. The molecule has 1 unspecified atom stereocenters. The Morgan fingerprint density at radius 2 is 2.21 bits per heavy atom. The minimum absolute atomic E-state index is 0.107. The number of nitrogens with zero attached hydrogens (tertiary/aromatic N) is 2. The maximum absolute atomic E-state index is 11.4. The third-order valence-corrected chi connectivity index (χ3v) is 3.77. The minimum atomic E-state index is -3.00. The number of aryl methyl sites for hydroxylation is 1. The Kier molecular flexibility index (Phi) is 5.81. The fraction of sp³-hybridized carbons (Fsp3) is 0.750. The van der Waals surface area contributed by atoms with Gasteiger partial charge in [-0.05, 0) is 20.3 Å². The van der Waals surface area contributed by atoms with Crippen LogP contribution in [0.4, 0.5) is 5.95 Å². The van der Waals surface area contributed by atoms with E-state index in [1.54, 1.807) is 7.11 Å². The smallest absolute Gasteiger partial charge is 0.203 e. The van der Waals surface area contributed by atoms with Gasteiger partial charge in [0, 0.05) is 38.8 Å². The predicted octanol–water partition coefficient (Wildman–Crippen LogP) is 1.25. The third-order valence-electron chi connectivity index (χ3n) is 2.68. The van der Waals surface area contributed by atoms with Gasteiger partial charge in [0.25, 0.3) is 0 Å². The van der Waals surface area contributed by atoms with Crippen molar-refractivity contribution in [3.05, 3.63) is 11.9 Å². The number of ether oxygens (including phenoxy) is 1. The van der Waals surface area contributed by atoms with E-state index in [1.807, 2.05) is 24.6 Å². The SMILES string of the molecule is COCCCNc1nc(C)cn1C(C)CS(C)(=O)=O. The molecule has 0 radical (unpaired) electrons. The monoisotopic (exact) mass is 289 g/mol. The van der Waals surface area contributed by atoms with Crippen molar-refractivity contribution in [1.82, 2.24) is 9.55 Å².